The Balaban J connectivity index is 1.22. The Kier molecular flexibility index (Phi) is 4.93. The molecule has 4 aromatic rings. The molecule has 2 aromatic carbocycles. The molecule has 6 heteroatoms. The summed E-state index contributed by atoms with van der Waals surface area (Å²) in [4.78, 5) is 21.8. The predicted molar refractivity (Wildman–Crippen MR) is 116 cm³/mol. The van der Waals surface area contributed by atoms with Crippen LogP contribution in [-0.2, 0) is 6.54 Å². The minimum atomic E-state index is 0.0179. The summed E-state index contributed by atoms with van der Waals surface area (Å²) in [5.41, 5.74) is 3.17. The molecule has 0 atom stereocenters. The number of carbonyl (C=O) groups is 1. The second-order valence-corrected chi connectivity index (χ2v) is 7.95. The summed E-state index contributed by atoms with van der Waals surface area (Å²) in [5.74, 6) is 0.0179. The van der Waals surface area contributed by atoms with Gasteiger partial charge in [-0.2, -0.15) is 0 Å². The number of fused-ring (bicyclic) bond motifs is 2. The van der Waals surface area contributed by atoms with Crippen molar-refractivity contribution >= 4 is 27.8 Å². The number of nitrogens with zero attached hydrogens (tertiary/aromatic N) is 4. The molecule has 2 aromatic heterocycles. The fourth-order valence-electron chi connectivity index (χ4n) is 4.27. The van der Waals surface area contributed by atoms with Crippen LogP contribution in [0.2, 0.25) is 0 Å². The Labute approximate surface area is 175 Å². The molecule has 0 saturated carbocycles. The number of rotatable bonds is 4. The standard InChI is InChI=1S/C24H24N4O2/c1-27(16-22-19-7-3-5-9-23(19)30-26-22)18-12-14-28(15-13-18)24(29)21-11-10-17-6-2-4-8-20(17)25-21/h2-11,18H,12-16H2,1H3. The number of aromatic nitrogens is 2. The van der Waals surface area contributed by atoms with Crippen molar-refractivity contribution in [2.24, 2.45) is 0 Å². The van der Waals surface area contributed by atoms with Crippen molar-refractivity contribution in [1.82, 2.24) is 19.9 Å². The third-order valence-corrected chi connectivity index (χ3v) is 6.04. The van der Waals surface area contributed by atoms with Gasteiger partial charge in [0.2, 0.25) is 0 Å². The first-order valence-electron chi connectivity index (χ1n) is 10.4. The zero-order valence-electron chi connectivity index (χ0n) is 17.0. The highest BCUT2D eigenvalue weighted by molar-refractivity contribution is 5.95. The highest BCUT2D eigenvalue weighted by Crippen LogP contribution is 2.23. The van der Waals surface area contributed by atoms with Crippen molar-refractivity contribution in [2.75, 3.05) is 20.1 Å². The van der Waals surface area contributed by atoms with Crippen molar-refractivity contribution in [1.29, 1.82) is 0 Å². The first-order valence-corrected chi connectivity index (χ1v) is 10.4. The van der Waals surface area contributed by atoms with E-state index >= 15 is 0 Å². The van der Waals surface area contributed by atoms with Gasteiger partial charge in [0.15, 0.2) is 5.58 Å². The summed E-state index contributed by atoms with van der Waals surface area (Å²) in [6.45, 7) is 2.21. The van der Waals surface area contributed by atoms with Crippen LogP contribution in [0.25, 0.3) is 21.9 Å². The molecule has 0 N–H and O–H groups in total. The molecular weight excluding hydrogens is 376 g/mol. The summed E-state index contributed by atoms with van der Waals surface area (Å²) in [6.07, 6.45) is 1.87. The molecule has 1 aliphatic heterocycles. The van der Waals surface area contributed by atoms with E-state index in [9.17, 15) is 4.79 Å². The summed E-state index contributed by atoms with van der Waals surface area (Å²) in [5, 5.41) is 6.37. The number of hydrogen-bond donors (Lipinski definition) is 0. The molecule has 1 amide bonds. The van der Waals surface area contributed by atoms with Crippen molar-refractivity contribution < 1.29 is 9.32 Å². The molecule has 6 nitrogen and oxygen atoms in total. The average molecular weight is 400 g/mol. The molecule has 3 heterocycles. The van der Waals surface area contributed by atoms with Gasteiger partial charge >= 0.3 is 0 Å². The second-order valence-electron chi connectivity index (χ2n) is 7.95. The number of pyridine rings is 1. The molecule has 1 fully saturated rings. The molecule has 0 bridgehead atoms. The number of para-hydroxylation sites is 2. The lowest BCUT2D eigenvalue weighted by atomic mass is 10.0. The Morgan fingerprint density at radius 3 is 2.70 bits per heavy atom. The van der Waals surface area contributed by atoms with Gasteiger partial charge in [-0.05, 0) is 44.2 Å². The largest absolute Gasteiger partial charge is 0.356 e. The number of benzene rings is 2. The molecular formula is C24H24N4O2. The normalized spacial score (nSPS) is 15.3. The van der Waals surface area contributed by atoms with E-state index in [2.05, 4.69) is 22.1 Å². The summed E-state index contributed by atoms with van der Waals surface area (Å²) in [7, 11) is 2.12. The highest BCUT2D eigenvalue weighted by atomic mass is 16.5. The van der Waals surface area contributed by atoms with E-state index < -0.39 is 0 Å². The van der Waals surface area contributed by atoms with Gasteiger partial charge in [0.05, 0.1) is 5.52 Å². The Morgan fingerprint density at radius 1 is 1.07 bits per heavy atom. The maximum atomic E-state index is 13.0. The van der Waals surface area contributed by atoms with Gasteiger partial charge in [-0.3, -0.25) is 9.69 Å². The Hall–Kier alpha value is -3.25. The van der Waals surface area contributed by atoms with Crippen LogP contribution < -0.4 is 0 Å². The summed E-state index contributed by atoms with van der Waals surface area (Å²) in [6, 6.07) is 20.1. The third-order valence-electron chi connectivity index (χ3n) is 6.04. The molecule has 0 unspecified atom stereocenters. The minimum Gasteiger partial charge on any atom is -0.356 e. The molecule has 0 aliphatic carbocycles. The first kappa shape index (κ1) is 18.8. The van der Waals surface area contributed by atoms with E-state index in [1.165, 1.54) is 0 Å². The molecule has 0 radical (unpaired) electrons. The molecule has 152 valence electrons. The Morgan fingerprint density at radius 2 is 1.83 bits per heavy atom. The SMILES string of the molecule is CN(Cc1noc2ccccc12)C1CCN(C(=O)c2ccc3ccccc3n2)CC1. The van der Waals surface area contributed by atoms with E-state index in [1.54, 1.807) is 0 Å². The van der Waals surface area contributed by atoms with E-state index in [4.69, 9.17) is 4.52 Å². The minimum absolute atomic E-state index is 0.0179. The fourth-order valence-corrected chi connectivity index (χ4v) is 4.27. The predicted octanol–water partition coefficient (Wildman–Crippen LogP) is 4.11. The number of hydrogen-bond acceptors (Lipinski definition) is 5. The van der Waals surface area contributed by atoms with Crippen LogP contribution in [0, 0.1) is 0 Å². The van der Waals surface area contributed by atoms with Gasteiger partial charge in [0, 0.05) is 36.4 Å². The van der Waals surface area contributed by atoms with Gasteiger partial charge < -0.3 is 9.42 Å². The summed E-state index contributed by atoms with van der Waals surface area (Å²) < 4.78 is 5.43. The van der Waals surface area contributed by atoms with Gasteiger partial charge in [0.25, 0.3) is 5.91 Å². The Bertz CT molecular complexity index is 1190. The topological polar surface area (TPSA) is 62.5 Å². The highest BCUT2D eigenvalue weighted by Gasteiger charge is 2.27. The van der Waals surface area contributed by atoms with E-state index in [-0.39, 0.29) is 5.91 Å². The van der Waals surface area contributed by atoms with Gasteiger partial charge in [-0.25, -0.2) is 4.98 Å². The lowest BCUT2D eigenvalue weighted by Gasteiger charge is -2.36. The van der Waals surface area contributed by atoms with Crippen LogP contribution in [0.15, 0.2) is 65.2 Å². The second kappa shape index (κ2) is 7.88. The van der Waals surface area contributed by atoms with Crippen LogP contribution in [0.1, 0.15) is 29.0 Å². The maximum absolute atomic E-state index is 13.0. The van der Waals surface area contributed by atoms with Gasteiger partial charge in [0.1, 0.15) is 11.4 Å². The summed E-state index contributed by atoms with van der Waals surface area (Å²) >= 11 is 0. The first-order chi connectivity index (χ1) is 14.7. The van der Waals surface area contributed by atoms with Crippen molar-refractivity contribution in [2.45, 2.75) is 25.4 Å². The maximum Gasteiger partial charge on any atom is 0.272 e. The molecule has 1 saturated heterocycles. The molecule has 5 rings (SSSR count). The monoisotopic (exact) mass is 400 g/mol. The van der Waals surface area contributed by atoms with Crippen LogP contribution in [-0.4, -0.2) is 52.0 Å². The quantitative estimate of drug-likeness (QED) is 0.516. The number of likely N-dealkylation sites (tertiary alicyclic amines) is 1. The average Bonchev–Trinajstić information content (AvgIpc) is 3.21. The molecule has 30 heavy (non-hydrogen) atoms. The van der Waals surface area contributed by atoms with Gasteiger partial charge in [-0.1, -0.05) is 41.6 Å². The number of amides is 1. The molecule has 0 spiro atoms. The lowest BCUT2D eigenvalue weighted by Crippen LogP contribution is -2.45. The smallest absolute Gasteiger partial charge is 0.272 e. The van der Waals surface area contributed by atoms with Crippen LogP contribution in [0.4, 0.5) is 0 Å². The van der Waals surface area contributed by atoms with Crippen molar-refractivity contribution in [3.8, 4) is 0 Å². The zero-order valence-corrected chi connectivity index (χ0v) is 17.0. The van der Waals surface area contributed by atoms with Gasteiger partial charge in [-0.15, -0.1) is 0 Å². The van der Waals surface area contributed by atoms with Crippen molar-refractivity contribution in [3.05, 3.63) is 72.1 Å². The zero-order chi connectivity index (χ0) is 20.5. The van der Waals surface area contributed by atoms with E-state index in [0.29, 0.717) is 11.7 Å². The third kappa shape index (κ3) is 3.55. The lowest BCUT2D eigenvalue weighted by molar-refractivity contribution is 0.0633. The van der Waals surface area contributed by atoms with Crippen LogP contribution >= 0.6 is 0 Å². The van der Waals surface area contributed by atoms with Crippen LogP contribution in [0.5, 0.6) is 0 Å². The van der Waals surface area contributed by atoms with Crippen molar-refractivity contribution in [3.63, 3.8) is 0 Å². The van der Waals surface area contributed by atoms with Crippen LogP contribution in [0.3, 0.4) is 0 Å². The fraction of sp³-hybridized carbons (Fsp3) is 0.292. The number of carbonyl (C=O) groups excluding carboxylic acids is 1. The molecule has 1 aliphatic rings. The van der Waals surface area contributed by atoms with E-state index in [1.807, 2.05) is 65.6 Å². The number of piperidine rings is 1. The van der Waals surface area contributed by atoms with E-state index in [0.717, 1.165) is 60.0 Å².